The van der Waals surface area contributed by atoms with E-state index in [2.05, 4.69) is 0 Å². The highest BCUT2D eigenvalue weighted by Gasteiger charge is 2.20. The summed E-state index contributed by atoms with van der Waals surface area (Å²) < 4.78 is 10.2. The Morgan fingerprint density at radius 2 is 2.11 bits per heavy atom. The van der Waals surface area contributed by atoms with Gasteiger partial charge in [0.2, 0.25) is 0 Å². The molecule has 2 atom stereocenters. The van der Waals surface area contributed by atoms with E-state index in [9.17, 15) is 4.57 Å². The first-order chi connectivity index (χ1) is 4.04. The molecular weight excluding hydrogens is 157 g/mol. The summed E-state index contributed by atoms with van der Waals surface area (Å²) in [6.45, 7) is 1.88. The van der Waals surface area contributed by atoms with Gasteiger partial charge in [0.05, 0.1) is 0 Å². The minimum absolute atomic E-state index is 0.110. The molecule has 0 aliphatic rings. The van der Waals surface area contributed by atoms with Crippen LogP contribution in [0.3, 0.4) is 0 Å². The van der Waals surface area contributed by atoms with E-state index in [4.69, 9.17) is 4.89 Å². The van der Waals surface area contributed by atoms with Crippen LogP contribution in [-0.2, 0) is 4.57 Å². The highest BCUT2D eigenvalue weighted by atomic mass is 32.7. The van der Waals surface area contributed by atoms with E-state index in [1.54, 1.807) is 0 Å². The Kier molecular flexibility index (Phi) is 4.40. The summed E-state index contributed by atoms with van der Waals surface area (Å²) in [6, 6.07) is 0. The van der Waals surface area contributed by atoms with Crippen LogP contribution in [0.4, 0.5) is 0 Å². The quantitative estimate of drug-likeness (QED) is 0.509. The van der Waals surface area contributed by atoms with Gasteiger partial charge in [0.25, 0.3) is 0 Å². The van der Waals surface area contributed by atoms with E-state index in [1.165, 1.54) is 0 Å². The Hall–Kier alpha value is 0.370. The van der Waals surface area contributed by atoms with Crippen molar-refractivity contribution < 1.29 is 9.46 Å². The summed E-state index contributed by atoms with van der Waals surface area (Å²) in [5.41, 5.74) is 0. The molecule has 0 aliphatic carbocycles. The molecule has 9 heavy (non-hydrogen) atoms. The van der Waals surface area contributed by atoms with Gasteiger partial charge in [-0.2, -0.15) is 4.89 Å². The maximum absolute atomic E-state index is 10.2. The van der Waals surface area contributed by atoms with Gasteiger partial charge in [0.15, 0.2) is 11.4 Å². The molecule has 2 unspecified atom stereocenters. The number of hydrogen-bond acceptors (Lipinski definition) is 3. The van der Waals surface area contributed by atoms with Crippen molar-refractivity contribution in [2.24, 2.45) is 0 Å². The first-order valence-electron chi connectivity index (χ1n) is 2.53. The van der Waals surface area contributed by atoms with Gasteiger partial charge in [-0.05, 0) is 25.6 Å². The molecule has 0 amide bonds. The van der Waals surface area contributed by atoms with Crippen LogP contribution in [-0.4, -0.2) is 29.3 Å². The molecule has 3 nitrogen and oxygen atoms in total. The Morgan fingerprint density at radius 3 is 2.22 bits per heavy atom. The normalized spacial score (nSPS) is 15.9. The maximum atomic E-state index is 10.2. The van der Waals surface area contributed by atoms with E-state index >= 15 is 0 Å². The van der Waals surface area contributed by atoms with Gasteiger partial charge in [-0.15, -0.1) is 0 Å². The second-order valence-corrected chi connectivity index (χ2v) is 4.84. The number of nitrogens with zero attached hydrogens (tertiary/aromatic N) is 1. The zero-order valence-corrected chi connectivity index (χ0v) is 7.45. The Bertz CT molecular complexity index is 109. The second kappa shape index (κ2) is 4.23. The number of hydrogen-bond donors (Lipinski definition) is 1. The topological polar surface area (TPSA) is 40.5 Å². The molecule has 0 saturated heterocycles. The van der Waals surface area contributed by atoms with E-state index in [1.807, 2.05) is 25.9 Å². The van der Waals surface area contributed by atoms with Crippen molar-refractivity contribution in [3.63, 3.8) is 0 Å². The molecular formula is C4H11NO2PS+. The van der Waals surface area contributed by atoms with Gasteiger partial charge in [0.1, 0.15) is 5.37 Å². The maximum Gasteiger partial charge on any atom is 0.584 e. The lowest BCUT2D eigenvalue weighted by atomic mass is 10.7. The molecule has 5 heteroatoms. The van der Waals surface area contributed by atoms with Crippen LogP contribution < -0.4 is 0 Å². The van der Waals surface area contributed by atoms with Gasteiger partial charge in [-0.1, -0.05) is 0 Å². The van der Waals surface area contributed by atoms with Gasteiger partial charge in [0, 0.05) is 0 Å². The summed E-state index contributed by atoms with van der Waals surface area (Å²) in [7, 11) is 1.70. The molecule has 0 aromatic rings. The summed E-state index contributed by atoms with van der Waals surface area (Å²) in [4.78, 5) is 10.3. The van der Waals surface area contributed by atoms with E-state index < -0.39 is 7.23 Å². The molecule has 1 N–H and O–H groups in total. The second-order valence-electron chi connectivity index (χ2n) is 1.91. The third-order valence-electron chi connectivity index (χ3n) is 0.970. The minimum Gasteiger partial charge on any atom is -0.294 e. The van der Waals surface area contributed by atoms with Crippen molar-refractivity contribution in [1.82, 2.24) is 4.90 Å². The summed E-state index contributed by atoms with van der Waals surface area (Å²) in [5.74, 6) is 0. The van der Waals surface area contributed by atoms with Gasteiger partial charge >= 0.3 is 7.23 Å². The van der Waals surface area contributed by atoms with E-state index in [0.29, 0.717) is 0 Å². The molecule has 0 radical (unpaired) electrons. The van der Waals surface area contributed by atoms with Crippen molar-refractivity contribution in [2.45, 2.75) is 12.3 Å². The van der Waals surface area contributed by atoms with Crippen molar-refractivity contribution in [3.05, 3.63) is 0 Å². The third-order valence-corrected chi connectivity index (χ3v) is 3.33. The highest BCUT2D eigenvalue weighted by Crippen LogP contribution is 2.36. The number of rotatable bonds is 3. The van der Waals surface area contributed by atoms with Crippen molar-refractivity contribution in [1.29, 1.82) is 0 Å². The monoisotopic (exact) mass is 168 g/mol. The van der Waals surface area contributed by atoms with Crippen LogP contribution in [0.2, 0.25) is 0 Å². The van der Waals surface area contributed by atoms with Gasteiger partial charge in [-0.3, -0.25) is 4.90 Å². The average molecular weight is 168 g/mol. The molecule has 0 fully saturated rings. The molecule has 0 saturated carbocycles. The van der Waals surface area contributed by atoms with Crippen LogP contribution in [0.1, 0.15) is 6.92 Å². The molecule has 0 aromatic heterocycles. The predicted octanol–water partition coefficient (Wildman–Crippen LogP) is 1.28. The van der Waals surface area contributed by atoms with E-state index in [0.717, 1.165) is 11.4 Å². The fourth-order valence-corrected chi connectivity index (χ4v) is 2.02. The summed E-state index contributed by atoms with van der Waals surface area (Å²) in [6.07, 6.45) is 0. The van der Waals surface area contributed by atoms with Crippen molar-refractivity contribution in [2.75, 3.05) is 14.1 Å². The molecule has 0 aliphatic heterocycles. The standard InChI is InChI=1S/C4H10NO2PS/c1-4(5(2)3)9-8(6)7/h4H,1-3H3/p+1. The molecule has 0 rings (SSSR count). The van der Waals surface area contributed by atoms with E-state index in [-0.39, 0.29) is 5.37 Å². The average Bonchev–Trinajstić information content (AvgIpc) is 1.63. The van der Waals surface area contributed by atoms with Crippen molar-refractivity contribution in [3.8, 4) is 0 Å². The smallest absolute Gasteiger partial charge is 0.294 e. The van der Waals surface area contributed by atoms with Crippen LogP contribution in [0.25, 0.3) is 0 Å². The third kappa shape index (κ3) is 4.85. The molecule has 0 heterocycles. The Balaban J connectivity index is 3.50. The molecule has 0 aromatic carbocycles. The molecule has 0 spiro atoms. The lowest BCUT2D eigenvalue weighted by molar-refractivity contribution is 0.403. The largest absolute Gasteiger partial charge is 0.584 e. The van der Waals surface area contributed by atoms with Crippen LogP contribution in [0.5, 0.6) is 0 Å². The first-order valence-corrected chi connectivity index (χ1v) is 5.23. The Labute approximate surface area is 60.1 Å². The summed E-state index contributed by atoms with van der Waals surface area (Å²) in [5, 5.41) is 0.110. The highest BCUT2D eigenvalue weighted by molar-refractivity contribution is 8.50. The van der Waals surface area contributed by atoms with Crippen LogP contribution in [0, 0.1) is 0 Å². The molecule has 0 bridgehead atoms. The lowest BCUT2D eigenvalue weighted by Gasteiger charge is -2.11. The van der Waals surface area contributed by atoms with Crippen LogP contribution in [0.15, 0.2) is 0 Å². The summed E-state index contributed by atoms with van der Waals surface area (Å²) >= 11 is 1.05. The lowest BCUT2D eigenvalue weighted by Crippen LogP contribution is -2.19. The zero-order valence-electron chi connectivity index (χ0n) is 5.74. The van der Waals surface area contributed by atoms with Crippen LogP contribution >= 0.6 is 18.6 Å². The Morgan fingerprint density at radius 1 is 1.67 bits per heavy atom. The van der Waals surface area contributed by atoms with Crippen molar-refractivity contribution >= 4 is 18.6 Å². The zero-order chi connectivity index (χ0) is 7.44. The fourth-order valence-electron chi connectivity index (χ4n) is 0.225. The fraction of sp³-hybridized carbons (Fsp3) is 1.00. The van der Waals surface area contributed by atoms with Gasteiger partial charge < -0.3 is 0 Å². The van der Waals surface area contributed by atoms with Gasteiger partial charge in [-0.25, -0.2) is 0 Å². The minimum atomic E-state index is -2.05. The first kappa shape index (κ1) is 9.37. The SMILES string of the molecule is CC(S[P+](=O)O)N(C)C. The predicted molar refractivity (Wildman–Crippen MR) is 40.6 cm³/mol. The molecule has 54 valence electrons.